The predicted octanol–water partition coefficient (Wildman–Crippen LogP) is 1.52. The van der Waals surface area contributed by atoms with Crippen LogP contribution >= 0.6 is 0 Å². The number of nitrogens with one attached hydrogen (secondary N) is 4. The van der Waals surface area contributed by atoms with Gasteiger partial charge in [-0.15, -0.1) is 0 Å². The molecule has 5 atom stereocenters. The van der Waals surface area contributed by atoms with Crippen LogP contribution in [-0.2, 0) is 55.9 Å². The molecule has 0 aromatic heterocycles. The zero-order valence-electron chi connectivity index (χ0n) is 34.0. The lowest BCUT2D eigenvalue weighted by molar-refractivity contribution is -0.143. The third kappa shape index (κ3) is 17.4. The van der Waals surface area contributed by atoms with E-state index in [0.29, 0.717) is 38.3 Å². The number of aliphatic hydroxyl groups is 1. The molecule has 16 heteroatoms. The molecule has 0 aliphatic carbocycles. The zero-order valence-corrected chi connectivity index (χ0v) is 34.8. The summed E-state index contributed by atoms with van der Waals surface area (Å²) in [6, 6.07) is 13.9. The Balaban J connectivity index is 1.85. The van der Waals surface area contributed by atoms with Gasteiger partial charge in [-0.05, 0) is 55.6 Å². The van der Waals surface area contributed by atoms with E-state index in [2.05, 4.69) is 21.3 Å². The van der Waals surface area contributed by atoms with Crippen LogP contribution in [0.15, 0.2) is 60.7 Å². The van der Waals surface area contributed by atoms with Crippen molar-refractivity contribution in [2.24, 2.45) is 11.8 Å². The number of hydrogen-bond donors (Lipinski definition) is 5. The molecule has 15 nitrogen and oxygen atoms in total. The summed E-state index contributed by atoms with van der Waals surface area (Å²) in [6.45, 7) is 9.95. The molecular weight excluding hydrogens is 755 g/mol. The van der Waals surface area contributed by atoms with E-state index in [-0.39, 0.29) is 50.0 Å². The average molecular weight is 816 g/mol. The Kier molecular flexibility index (Phi) is 18.7. The average Bonchev–Trinajstić information content (AvgIpc) is 3.15. The molecule has 0 spiro atoms. The van der Waals surface area contributed by atoms with Gasteiger partial charge in [0.1, 0.15) is 30.3 Å². The van der Waals surface area contributed by atoms with Crippen LogP contribution in [0.25, 0.3) is 0 Å². The smallest absolute Gasteiger partial charge is 0.264 e. The van der Waals surface area contributed by atoms with E-state index >= 15 is 0 Å². The summed E-state index contributed by atoms with van der Waals surface area (Å²) in [5.41, 5.74) is -0.593. The van der Waals surface area contributed by atoms with Gasteiger partial charge >= 0.3 is 0 Å². The van der Waals surface area contributed by atoms with Gasteiger partial charge in [0.05, 0.1) is 32.1 Å². The number of carbonyl (C=O) groups is 5. The van der Waals surface area contributed by atoms with Crippen molar-refractivity contribution in [3.05, 3.63) is 71.8 Å². The second-order valence-electron chi connectivity index (χ2n) is 15.8. The Morgan fingerprint density at radius 3 is 1.81 bits per heavy atom. The summed E-state index contributed by atoms with van der Waals surface area (Å²) in [4.78, 5) is 71.0. The highest BCUT2D eigenvalue weighted by molar-refractivity contribution is 7.86. The van der Waals surface area contributed by atoms with Crippen molar-refractivity contribution in [3.8, 4) is 0 Å². The Labute approximate surface area is 337 Å². The number of Topliss-reactive ketones (excluding diaryl/α,β-unsaturated/α-hetero) is 1. The van der Waals surface area contributed by atoms with E-state index in [1.54, 1.807) is 30.3 Å². The minimum absolute atomic E-state index is 0.0221. The van der Waals surface area contributed by atoms with Gasteiger partial charge in [0.2, 0.25) is 23.6 Å². The SMILES string of the molecule is CC(C)C[C@H](NC(=O)[C@H](CCc1ccccc1)NC(=O)CN1CCOCC1)C(=O)N[C@@H](Cc1ccccc1)C(=O)N[C@@H](CC(C)C)C(=O)[C@](C)(O)COS(C)(=O)=O. The van der Waals surface area contributed by atoms with Gasteiger partial charge in [0.15, 0.2) is 5.78 Å². The van der Waals surface area contributed by atoms with Crippen LogP contribution in [0.2, 0.25) is 0 Å². The second-order valence-corrected chi connectivity index (χ2v) is 17.4. The zero-order chi connectivity index (χ0) is 42.2. The maximum atomic E-state index is 14.1. The van der Waals surface area contributed by atoms with Crippen molar-refractivity contribution in [2.75, 3.05) is 45.7 Å². The molecule has 5 N–H and O–H groups in total. The van der Waals surface area contributed by atoms with Crippen LogP contribution in [0, 0.1) is 11.8 Å². The lowest BCUT2D eigenvalue weighted by atomic mass is 9.90. The fourth-order valence-electron chi connectivity index (χ4n) is 6.38. The first-order chi connectivity index (χ1) is 26.8. The van der Waals surface area contributed by atoms with E-state index in [1.807, 2.05) is 62.9 Å². The fourth-order valence-corrected chi connectivity index (χ4v) is 6.82. The number of aryl methyl sites for hydroxylation is 1. The van der Waals surface area contributed by atoms with Gasteiger partial charge in [-0.1, -0.05) is 88.4 Å². The molecule has 1 fully saturated rings. The van der Waals surface area contributed by atoms with Gasteiger partial charge in [-0.2, -0.15) is 8.42 Å². The molecule has 57 heavy (non-hydrogen) atoms. The van der Waals surface area contributed by atoms with Crippen molar-refractivity contribution < 1.29 is 46.4 Å². The topological polar surface area (TPSA) is 210 Å². The maximum absolute atomic E-state index is 14.1. The van der Waals surface area contributed by atoms with E-state index in [4.69, 9.17) is 8.92 Å². The summed E-state index contributed by atoms with van der Waals surface area (Å²) in [5, 5.41) is 22.2. The van der Waals surface area contributed by atoms with Crippen LogP contribution in [0.4, 0.5) is 0 Å². The lowest BCUT2D eigenvalue weighted by Gasteiger charge is -2.30. The quantitative estimate of drug-likeness (QED) is 0.102. The minimum Gasteiger partial charge on any atom is -0.380 e. The molecular formula is C41H61N5O10S. The number of amides is 4. The molecule has 0 unspecified atom stereocenters. The molecule has 0 saturated carbocycles. The number of rotatable bonds is 23. The molecule has 1 aliphatic heterocycles. The normalized spacial score (nSPS) is 16.8. The molecule has 316 valence electrons. The molecule has 0 bridgehead atoms. The molecule has 4 amide bonds. The Bertz CT molecular complexity index is 1720. The summed E-state index contributed by atoms with van der Waals surface area (Å²) < 4.78 is 33.4. The van der Waals surface area contributed by atoms with Crippen LogP contribution in [-0.4, -0.2) is 123 Å². The Hall–Kier alpha value is -4.22. The molecule has 1 aliphatic rings. The molecule has 2 aromatic carbocycles. The van der Waals surface area contributed by atoms with Crippen molar-refractivity contribution >= 4 is 39.5 Å². The molecule has 3 rings (SSSR count). The largest absolute Gasteiger partial charge is 0.380 e. The minimum atomic E-state index is -3.99. The summed E-state index contributed by atoms with van der Waals surface area (Å²) >= 11 is 0. The number of benzene rings is 2. The number of hydrogen-bond acceptors (Lipinski definition) is 11. The van der Waals surface area contributed by atoms with E-state index < -0.39 is 70.0 Å². The van der Waals surface area contributed by atoms with Crippen molar-refractivity contribution in [1.82, 2.24) is 26.2 Å². The predicted molar refractivity (Wildman–Crippen MR) is 215 cm³/mol. The first-order valence-corrected chi connectivity index (χ1v) is 21.3. The van der Waals surface area contributed by atoms with E-state index in [1.165, 1.54) is 0 Å². The number of carbonyl (C=O) groups excluding carboxylic acids is 5. The Morgan fingerprint density at radius 1 is 0.754 bits per heavy atom. The van der Waals surface area contributed by atoms with Gasteiger partial charge in [0, 0.05) is 19.5 Å². The summed E-state index contributed by atoms with van der Waals surface area (Å²) in [6.07, 6.45) is 1.88. The first-order valence-electron chi connectivity index (χ1n) is 19.5. The van der Waals surface area contributed by atoms with Crippen LogP contribution in [0.3, 0.4) is 0 Å². The van der Waals surface area contributed by atoms with Crippen molar-refractivity contribution in [1.29, 1.82) is 0 Å². The molecule has 0 radical (unpaired) electrons. The molecule has 1 saturated heterocycles. The lowest BCUT2D eigenvalue weighted by Crippen LogP contribution is -2.60. The highest BCUT2D eigenvalue weighted by Crippen LogP contribution is 2.17. The fraction of sp³-hybridized carbons (Fsp3) is 0.585. The monoisotopic (exact) mass is 815 g/mol. The first kappa shape index (κ1) is 47.2. The maximum Gasteiger partial charge on any atom is 0.264 e. The number of ether oxygens (including phenoxy) is 1. The van der Waals surface area contributed by atoms with E-state index in [9.17, 15) is 37.5 Å². The van der Waals surface area contributed by atoms with Gasteiger partial charge in [-0.3, -0.25) is 33.1 Å². The third-order valence-electron chi connectivity index (χ3n) is 9.37. The Morgan fingerprint density at radius 2 is 1.25 bits per heavy atom. The van der Waals surface area contributed by atoms with Gasteiger partial charge in [-0.25, -0.2) is 0 Å². The van der Waals surface area contributed by atoms with Crippen molar-refractivity contribution in [3.63, 3.8) is 0 Å². The number of nitrogens with zero attached hydrogens (tertiary/aromatic N) is 1. The van der Waals surface area contributed by atoms with Gasteiger partial charge in [0.25, 0.3) is 10.1 Å². The summed E-state index contributed by atoms with van der Waals surface area (Å²) in [5.74, 6) is -3.31. The highest BCUT2D eigenvalue weighted by Gasteiger charge is 2.39. The second kappa shape index (κ2) is 22.6. The van der Waals surface area contributed by atoms with Crippen LogP contribution < -0.4 is 21.3 Å². The number of morpholine rings is 1. The number of ketones is 1. The van der Waals surface area contributed by atoms with Crippen LogP contribution in [0.5, 0.6) is 0 Å². The molecule has 2 aromatic rings. The van der Waals surface area contributed by atoms with Crippen molar-refractivity contribution in [2.45, 2.75) is 96.5 Å². The summed E-state index contributed by atoms with van der Waals surface area (Å²) in [7, 11) is -3.99. The van der Waals surface area contributed by atoms with E-state index in [0.717, 1.165) is 18.7 Å². The highest BCUT2D eigenvalue weighted by atomic mass is 32.2. The standard InChI is InChI=1S/C41H61N5O10S/c1-28(2)23-33(37(48)41(5,52)27-56-57(6,53)54)43-40(51)35(25-31-15-11-8-12-16-31)45-39(50)34(24-29(3)4)44-38(49)32(18-17-30-13-9-7-10-14-30)42-36(47)26-46-19-21-55-22-20-46/h7-16,28-29,32-35,52H,17-27H2,1-6H3,(H,42,47)(H,43,51)(H,44,49)(H,45,50)/t32-,33-,34-,35-,41+/m0/s1. The van der Waals surface area contributed by atoms with Gasteiger partial charge < -0.3 is 31.1 Å². The van der Waals surface area contributed by atoms with Crippen LogP contribution in [0.1, 0.15) is 65.0 Å². The third-order valence-corrected chi connectivity index (χ3v) is 9.91. The molecule has 1 heterocycles.